The predicted molar refractivity (Wildman–Crippen MR) is 66.0 cm³/mol. The van der Waals surface area contributed by atoms with Crippen molar-refractivity contribution >= 4 is 35.1 Å². The average molecular weight is 281 g/mol. The number of alkyl halides is 3. The van der Waals surface area contributed by atoms with Crippen LogP contribution in [0.5, 0.6) is 0 Å². The molecule has 2 N–H and O–H groups in total. The van der Waals surface area contributed by atoms with Gasteiger partial charge in [-0.05, 0) is 24.3 Å². The topological polar surface area (TPSA) is 41.1 Å². The fourth-order valence-corrected chi connectivity index (χ4v) is 1.65. The van der Waals surface area contributed by atoms with Crippen LogP contribution in [-0.2, 0) is 0 Å². The highest BCUT2D eigenvalue weighted by Crippen LogP contribution is 2.25. The Morgan fingerprint density at radius 1 is 1.35 bits per heavy atom. The SMILES string of the molecule is O=C(NCCCl)Nc1ccc(SC(F)F)cc1. The van der Waals surface area contributed by atoms with E-state index in [9.17, 15) is 13.6 Å². The maximum atomic E-state index is 12.0. The second-order valence-electron chi connectivity index (χ2n) is 2.97. The Kier molecular flexibility index (Phi) is 6.07. The number of benzene rings is 1. The van der Waals surface area contributed by atoms with Crippen LogP contribution in [0, 0.1) is 0 Å². The molecule has 0 saturated heterocycles. The minimum Gasteiger partial charge on any atom is -0.337 e. The molecule has 0 aliphatic heterocycles. The smallest absolute Gasteiger partial charge is 0.319 e. The molecule has 0 radical (unpaired) electrons. The lowest BCUT2D eigenvalue weighted by molar-refractivity contribution is 0.251. The Morgan fingerprint density at radius 2 is 2.00 bits per heavy atom. The molecule has 0 atom stereocenters. The normalized spacial score (nSPS) is 10.4. The highest BCUT2D eigenvalue weighted by Gasteiger charge is 2.05. The summed E-state index contributed by atoms with van der Waals surface area (Å²) in [7, 11) is 0. The summed E-state index contributed by atoms with van der Waals surface area (Å²) in [4.78, 5) is 11.7. The van der Waals surface area contributed by atoms with Gasteiger partial charge in [0.15, 0.2) is 0 Å². The fourth-order valence-electron chi connectivity index (χ4n) is 1.06. The van der Waals surface area contributed by atoms with Crippen molar-refractivity contribution < 1.29 is 13.6 Å². The molecule has 0 aliphatic rings. The third-order valence-electron chi connectivity index (χ3n) is 1.72. The van der Waals surface area contributed by atoms with E-state index in [-0.39, 0.29) is 6.03 Å². The van der Waals surface area contributed by atoms with Crippen molar-refractivity contribution in [3.63, 3.8) is 0 Å². The Labute approximate surface area is 107 Å². The number of hydrogen-bond donors (Lipinski definition) is 2. The molecule has 0 aromatic heterocycles. The van der Waals surface area contributed by atoms with Gasteiger partial charge in [-0.3, -0.25) is 0 Å². The van der Waals surface area contributed by atoms with Crippen molar-refractivity contribution in [1.29, 1.82) is 0 Å². The first-order valence-corrected chi connectivity index (χ1v) is 6.19. The molecule has 0 spiro atoms. The van der Waals surface area contributed by atoms with E-state index in [0.29, 0.717) is 34.8 Å². The van der Waals surface area contributed by atoms with Gasteiger partial charge < -0.3 is 10.6 Å². The van der Waals surface area contributed by atoms with E-state index < -0.39 is 5.76 Å². The summed E-state index contributed by atoms with van der Waals surface area (Å²) in [5.74, 6) is -2.11. The molecule has 0 fully saturated rings. The summed E-state index contributed by atoms with van der Waals surface area (Å²) in [6.45, 7) is 0.368. The first kappa shape index (κ1) is 14.1. The average Bonchev–Trinajstić information content (AvgIpc) is 2.28. The zero-order valence-corrected chi connectivity index (χ0v) is 10.3. The van der Waals surface area contributed by atoms with E-state index in [1.807, 2.05) is 0 Å². The summed E-state index contributed by atoms with van der Waals surface area (Å²) in [6, 6.07) is 5.79. The number of halogens is 3. The number of rotatable bonds is 5. The van der Waals surface area contributed by atoms with Crippen molar-refractivity contribution in [3.05, 3.63) is 24.3 Å². The van der Waals surface area contributed by atoms with E-state index in [4.69, 9.17) is 11.6 Å². The zero-order chi connectivity index (χ0) is 12.7. The number of amides is 2. The molecule has 0 saturated carbocycles. The molecule has 17 heavy (non-hydrogen) atoms. The van der Waals surface area contributed by atoms with E-state index in [1.165, 1.54) is 12.1 Å². The molecular formula is C10H11ClF2N2OS. The number of hydrogen-bond acceptors (Lipinski definition) is 2. The molecule has 0 aliphatic carbocycles. The van der Waals surface area contributed by atoms with Crippen molar-refractivity contribution in [1.82, 2.24) is 5.32 Å². The highest BCUT2D eigenvalue weighted by atomic mass is 35.5. The van der Waals surface area contributed by atoms with E-state index in [2.05, 4.69) is 10.6 Å². The van der Waals surface area contributed by atoms with Crippen molar-refractivity contribution in [2.45, 2.75) is 10.7 Å². The van der Waals surface area contributed by atoms with Crippen LogP contribution in [0.2, 0.25) is 0 Å². The predicted octanol–water partition coefficient (Wildman–Crippen LogP) is 3.36. The number of carbonyl (C=O) groups is 1. The summed E-state index contributed by atoms with van der Waals surface area (Å²) < 4.78 is 24.1. The number of nitrogens with one attached hydrogen (secondary N) is 2. The second kappa shape index (κ2) is 7.34. The molecule has 7 heteroatoms. The lowest BCUT2D eigenvalue weighted by Crippen LogP contribution is -2.30. The van der Waals surface area contributed by atoms with Crippen LogP contribution in [-0.4, -0.2) is 24.2 Å². The number of carbonyl (C=O) groups excluding carboxylic acids is 1. The Balaban J connectivity index is 2.47. The van der Waals surface area contributed by atoms with Crippen LogP contribution in [0.4, 0.5) is 19.3 Å². The minimum absolute atomic E-state index is 0.331. The van der Waals surface area contributed by atoms with Crippen LogP contribution in [0.15, 0.2) is 29.2 Å². The van der Waals surface area contributed by atoms with Gasteiger partial charge in [0.2, 0.25) is 0 Å². The molecule has 2 amide bonds. The Hall–Kier alpha value is -1.01. The van der Waals surface area contributed by atoms with Crippen LogP contribution in [0.3, 0.4) is 0 Å². The molecular weight excluding hydrogens is 270 g/mol. The van der Waals surface area contributed by atoms with Gasteiger partial charge >= 0.3 is 6.03 Å². The Bertz CT molecular complexity index is 362. The first-order chi connectivity index (χ1) is 8.11. The van der Waals surface area contributed by atoms with Gasteiger partial charge in [-0.15, -0.1) is 11.6 Å². The highest BCUT2D eigenvalue weighted by molar-refractivity contribution is 7.99. The standard InChI is InChI=1S/C10H11ClF2N2OS/c11-5-6-14-10(16)15-7-1-3-8(4-2-7)17-9(12)13/h1-4,9H,5-6H2,(H2,14,15,16). The van der Waals surface area contributed by atoms with Crippen molar-refractivity contribution in [2.75, 3.05) is 17.7 Å². The number of anilines is 1. The molecule has 1 aromatic carbocycles. The maximum absolute atomic E-state index is 12.0. The van der Waals surface area contributed by atoms with Gasteiger partial charge in [-0.1, -0.05) is 11.8 Å². The quantitative estimate of drug-likeness (QED) is 0.641. The zero-order valence-electron chi connectivity index (χ0n) is 8.75. The second-order valence-corrected chi connectivity index (χ2v) is 4.41. The summed E-state index contributed by atoms with van der Waals surface area (Å²) in [5, 5.41) is 5.07. The van der Waals surface area contributed by atoms with Gasteiger partial charge in [0.05, 0.1) is 0 Å². The molecule has 1 rings (SSSR count). The van der Waals surface area contributed by atoms with Gasteiger partial charge in [0, 0.05) is 23.0 Å². The molecule has 0 heterocycles. The van der Waals surface area contributed by atoms with Crippen LogP contribution in [0.25, 0.3) is 0 Å². The molecule has 94 valence electrons. The van der Waals surface area contributed by atoms with E-state index in [1.54, 1.807) is 12.1 Å². The van der Waals surface area contributed by atoms with Gasteiger partial charge in [-0.2, -0.15) is 8.78 Å². The maximum Gasteiger partial charge on any atom is 0.319 e. The van der Waals surface area contributed by atoms with Gasteiger partial charge in [0.25, 0.3) is 5.76 Å². The molecule has 1 aromatic rings. The molecule has 0 unspecified atom stereocenters. The number of urea groups is 1. The molecule has 0 bridgehead atoms. The first-order valence-electron chi connectivity index (χ1n) is 4.77. The van der Waals surface area contributed by atoms with Crippen LogP contribution < -0.4 is 10.6 Å². The number of thioether (sulfide) groups is 1. The van der Waals surface area contributed by atoms with Crippen molar-refractivity contribution in [3.8, 4) is 0 Å². The minimum atomic E-state index is -2.44. The van der Waals surface area contributed by atoms with E-state index >= 15 is 0 Å². The van der Waals surface area contributed by atoms with Gasteiger partial charge in [-0.25, -0.2) is 4.79 Å². The summed E-state index contributed by atoms with van der Waals surface area (Å²) in [6.07, 6.45) is 0. The monoisotopic (exact) mass is 280 g/mol. The summed E-state index contributed by atoms with van der Waals surface area (Å²) in [5.41, 5.74) is 0.538. The third kappa shape index (κ3) is 5.74. The molecule has 3 nitrogen and oxygen atoms in total. The fraction of sp³-hybridized carbons (Fsp3) is 0.300. The van der Waals surface area contributed by atoms with Gasteiger partial charge in [0.1, 0.15) is 0 Å². The lowest BCUT2D eigenvalue weighted by Gasteiger charge is -2.07. The lowest BCUT2D eigenvalue weighted by atomic mass is 10.3. The van der Waals surface area contributed by atoms with E-state index in [0.717, 1.165) is 0 Å². The summed E-state index contributed by atoms with van der Waals surface area (Å²) >= 11 is 5.86. The van der Waals surface area contributed by atoms with Crippen LogP contribution >= 0.6 is 23.4 Å². The Morgan fingerprint density at radius 3 is 2.53 bits per heavy atom. The largest absolute Gasteiger partial charge is 0.337 e. The van der Waals surface area contributed by atoms with Crippen molar-refractivity contribution in [2.24, 2.45) is 0 Å². The third-order valence-corrected chi connectivity index (χ3v) is 2.63. The van der Waals surface area contributed by atoms with Crippen LogP contribution in [0.1, 0.15) is 0 Å².